The van der Waals surface area contributed by atoms with Crippen molar-refractivity contribution < 1.29 is 17.9 Å². The molecule has 0 aromatic heterocycles. The predicted octanol–water partition coefficient (Wildman–Crippen LogP) is 3.07. The zero-order valence-corrected chi connectivity index (χ0v) is 13.8. The molecule has 2 fully saturated rings. The van der Waals surface area contributed by atoms with E-state index in [-0.39, 0.29) is 16.7 Å². The van der Waals surface area contributed by atoms with Gasteiger partial charge < -0.3 is 4.74 Å². The van der Waals surface area contributed by atoms with Gasteiger partial charge in [-0.2, -0.15) is 0 Å². The molecule has 6 heteroatoms. The van der Waals surface area contributed by atoms with Crippen molar-refractivity contribution in [2.75, 3.05) is 0 Å². The van der Waals surface area contributed by atoms with Gasteiger partial charge in [0.1, 0.15) is 5.25 Å². The summed E-state index contributed by atoms with van der Waals surface area (Å²) in [7, 11) is -3.47. The van der Waals surface area contributed by atoms with Gasteiger partial charge in [0.15, 0.2) is 15.4 Å². The fourth-order valence-electron chi connectivity index (χ4n) is 4.90. The summed E-state index contributed by atoms with van der Waals surface area (Å²) >= 11 is 6.09. The summed E-state index contributed by atoms with van der Waals surface area (Å²) in [4.78, 5) is 12.0. The Balaban J connectivity index is 1.97. The Kier molecular flexibility index (Phi) is 2.96. The van der Waals surface area contributed by atoms with Gasteiger partial charge in [-0.15, -0.1) is 0 Å². The molecular weight excluding hydrogens is 324 g/mol. The van der Waals surface area contributed by atoms with E-state index in [9.17, 15) is 13.2 Å². The number of carbonyl (C=O) groups is 1. The lowest BCUT2D eigenvalue weighted by atomic mass is 9.53. The molecule has 4 atom stereocenters. The first-order valence-corrected chi connectivity index (χ1v) is 9.55. The number of ether oxygens (including phenoxy) is 1. The summed E-state index contributed by atoms with van der Waals surface area (Å²) in [6.07, 6.45) is 3.88. The standard InChI is InChI=1S/C16H17ClO4S/c1-9(18)21-16-12-5-3-2-4-11(12)15(16)22(19,20)14-7-6-10(17)8-13(14)16/h6-8,11-12,15H,2-5H2,1H3. The van der Waals surface area contributed by atoms with Crippen LogP contribution in [0.5, 0.6) is 0 Å². The first kappa shape index (κ1) is 14.5. The summed E-state index contributed by atoms with van der Waals surface area (Å²) in [6.45, 7) is 1.34. The van der Waals surface area contributed by atoms with Gasteiger partial charge >= 0.3 is 5.97 Å². The molecule has 3 aliphatic rings. The van der Waals surface area contributed by atoms with Crippen LogP contribution in [0.3, 0.4) is 0 Å². The summed E-state index contributed by atoms with van der Waals surface area (Å²) in [5, 5.41) is -0.164. The number of halogens is 1. The quantitative estimate of drug-likeness (QED) is 0.737. The van der Waals surface area contributed by atoms with E-state index < -0.39 is 26.7 Å². The van der Waals surface area contributed by atoms with E-state index >= 15 is 0 Å². The molecule has 1 heterocycles. The molecule has 0 spiro atoms. The van der Waals surface area contributed by atoms with Crippen molar-refractivity contribution >= 4 is 27.4 Å². The Morgan fingerprint density at radius 3 is 2.77 bits per heavy atom. The fraction of sp³-hybridized carbons (Fsp3) is 0.562. The number of sulfone groups is 1. The van der Waals surface area contributed by atoms with Gasteiger partial charge in [0, 0.05) is 23.4 Å². The summed E-state index contributed by atoms with van der Waals surface area (Å²) < 4.78 is 31.6. The monoisotopic (exact) mass is 340 g/mol. The van der Waals surface area contributed by atoms with Gasteiger partial charge in [-0.3, -0.25) is 4.79 Å². The third-order valence-electron chi connectivity index (χ3n) is 5.50. The maximum atomic E-state index is 13.0. The lowest BCUT2D eigenvalue weighted by Gasteiger charge is -2.58. The average Bonchev–Trinajstić information content (AvgIpc) is 2.58. The Hall–Kier alpha value is -1.07. The Morgan fingerprint density at radius 1 is 1.32 bits per heavy atom. The zero-order chi connectivity index (χ0) is 15.7. The van der Waals surface area contributed by atoms with Gasteiger partial charge in [0.25, 0.3) is 0 Å². The second kappa shape index (κ2) is 4.48. The lowest BCUT2D eigenvalue weighted by Crippen LogP contribution is -2.65. The molecule has 2 aliphatic carbocycles. The molecule has 1 aromatic rings. The van der Waals surface area contributed by atoms with Crippen LogP contribution in [-0.4, -0.2) is 19.6 Å². The maximum Gasteiger partial charge on any atom is 0.303 e. The normalized spacial score (nSPS) is 37.5. The summed E-state index contributed by atoms with van der Waals surface area (Å²) in [5.41, 5.74) is -0.431. The van der Waals surface area contributed by atoms with Crippen LogP contribution < -0.4 is 0 Å². The van der Waals surface area contributed by atoms with Crippen molar-refractivity contribution in [1.82, 2.24) is 0 Å². The van der Waals surface area contributed by atoms with Crippen LogP contribution in [0.25, 0.3) is 0 Å². The molecule has 0 radical (unpaired) electrons. The first-order valence-electron chi connectivity index (χ1n) is 7.62. The molecule has 4 unspecified atom stereocenters. The Labute approximate surface area is 134 Å². The third kappa shape index (κ3) is 1.59. The third-order valence-corrected chi connectivity index (χ3v) is 8.07. The van der Waals surface area contributed by atoms with E-state index in [0.29, 0.717) is 10.6 Å². The van der Waals surface area contributed by atoms with E-state index in [2.05, 4.69) is 0 Å². The van der Waals surface area contributed by atoms with Gasteiger partial charge in [0.2, 0.25) is 0 Å². The van der Waals surface area contributed by atoms with Crippen LogP contribution in [0.2, 0.25) is 5.02 Å². The van der Waals surface area contributed by atoms with Crippen LogP contribution in [0.4, 0.5) is 0 Å². The summed E-state index contributed by atoms with van der Waals surface area (Å²) in [5.74, 6) is -0.258. The van der Waals surface area contributed by atoms with Crippen LogP contribution in [0.1, 0.15) is 38.2 Å². The molecule has 1 aliphatic heterocycles. The highest BCUT2D eigenvalue weighted by atomic mass is 35.5. The Bertz CT molecular complexity index is 772. The van der Waals surface area contributed by atoms with Crippen molar-refractivity contribution in [3.05, 3.63) is 28.8 Å². The molecule has 0 N–H and O–H groups in total. The molecule has 4 rings (SSSR count). The van der Waals surface area contributed by atoms with Gasteiger partial charge in [-0.05, 0) is 37.0 Å². The SMILES string of the molecule is CC(=O)OC12c3cc(Cl)ccc3S(=O)(=O)C1C1CCCCC12. The zero-order valence-electron chi connectivity index (χ0n) is 12.2. The second-order valence-corrected chi connectivity index (χ2v) is 9.02. The van der Waals surface area contributed by atoms with Gasteiger partial charge in [-0.25, -0.2) is 8.42 Å². The van der Waals surface area contributed by atoms with E-state index in [1.54, 1.807) is 18.2 Å². The highest BCUT2D eigenvalue weighted by Crippen LogP contribution is 2.67. The van der Waals surface area contributed by atoms with E-state index in [1.165, 1.54) is 6.92 Å². The van der Waals surface area contributed by atoms with E-state index in [0.717, 1.165) is 25.7 Å². The predicted molar refractivity (Wildman–Crippen MR) is 81.3 cm³/mol. The van der Waals surface area contributed by atoms with E-state index in [4.69, 9.17) is 16.3 Å². The fourth-order valence-corrected chi connectivity index (χ4v) is 7.72. The highest BCUT2D eigenvalue weighted by Gasteiger charge is 2.74. The number of hydrogen-bond donors (Lipinski definition) is 0. The van der Waals surface area contributed by atoms with Gasteiger partial charge in [0.05, 0.1) is 4.90 Å². The molecule has 0 saturated heterocycles. The number of carbonyl (C=O) groups excluding carboxylic acids is 1. The second-order valence-electron chi connectivity index (χ2n) is 6.55. The first-order chi connectivity index (χ1) is 10.4. The smallest absolute Gasteiger partial charge is 0.303 e. The Morgan fingerprint density at radius 2 is 2.05 bits per heavy atom. The number of benzene rings is 1. The maximum absolute atomic E-state index is 13.0. The molecule has 1 aromatic carbocycles. The van der Waals surface area contributed by atoms with E-state index in [1.807, 2.05) is 0 Å². The van der Waals surface area contributed by atoms with Crippen LogP contribution >= 0.6 is 11.6 Å². The van der Waals surface area contributed by atoms with Gasteiger partial charge in [-0.1, -0.05) is 24.4 Å². The molecule has 0 amide bonds. The summed E-state index contributed by atoms with van der Waals surface area (Å²) in [6, 6.07) is 4.82. The van der Waals surface area contributed by atoms with Crippen molar-refractivity contribution in [1.29, 1.82) is 0 Å². The topological polar surface area (TPSA) is 60.4 Å². The number of hydrogen-bond acceptors (Lipinski definition) is 4. The largest absolute Gasteiger partial charge is 0.453 e. The minimum absolute atomic E-state index is 0.0873. The van der Waals surface area contributed by atoms with Crippen LogP contribution in [0.15, 0.2) is 23.1 Å². The van der Waals surface area contributed by atoms with Crippen molar-refractivity contribution in [3.63, 3.8) is 0 Å². The highest BCUT2D eigenvalue weighted by molar-refractivity contribution is 7.92. The van der Waals surface area contributed by atoms with Crippen molar-refractivity contribution in [3.8, 4) is 0 Å². The number of fused-ring (bicyclic) bond motifs is 6. The molecule has 0 bridgehead atoms. The van der Waals surface area contributed by atoms with Crippen molar-refractivity contribution in [2.45, 2.75) is 48.4 Å². The minimum atomic E-state index is -3.47. The molecule has 22 heavy (non-hydrogen) atoms. The number of esters is 1. The average molecular weight is 341 g/mol. The minimum Gasteiger partial charge on any atom is -0.453 e. The van der Waals surface area contributed by atoms with Crippen LogP contribution in [-0.2, 0) is 25.0 Å². The van der Waals surface area contributed by atoms with Crippen molar-refractivity contribution in [2.24, 2.45) is 11.8 Å². The number of rotatable bonds is 1. The van der Waals surface area contributed by atoms with Crippen LogP contribution in [0, 0.1) is 11.8 Å². The lowest BCUT2D eigenvalue weighted by molar-refractivity contribution is -0.200. The molecule has 2 saturated carbocycles. The molecule has 118 valence electrons. The molecular formula is C16H17ClO4S. The molecule has 4 nitrogen and oxygen atoms in total.